The number of ketones is 1. The second-order valence-electron chi connectivity index (χ2n) is 4.97. The van der Waals surface area contributed by atoms with E-state index in [4.69, 9.17) is 5.11 Å². The lowest BCUT2D eigenvalue weighted by Crippen LogP contribution is -2.15. The van der Waals surface area contributed by atoms with Gasteiger partial charge in [-0.1, -0.05) is 18.2 Å². The summed E-state index contributed by atoms with van der Waals surface area (Å²) in [5, 5.41) is 9.02. The smallest absolute Gasteiger partial charge is 0.416 e. The molecule has 0 atom stereocenters. The van der Waals surface area contributed by atoms with E-state index in [-0.39, 0.29) is 18.2 Å². The monoisotopic (exact) mass is 362 g/mol. The van der Waals surface area contributed by atoms with Crippen molar-refractivity contribution in [3.05, 3.63) is 70.3 Å². The van der Waals surface area contributed by atoms with Gasteiger partial charge >= 0.3 is 18.3 Å². The fourth-order valence-electron chi connectivity index (χ4n) is 2.11. The van der Waals surface area contributed by atoms with Gasteiger partial charge in [-0.25, -0.2) is 4.79 Å². The summed E-state index contributed by atoms with van der Waals surface area (Å²) in [5.74, 6) is -2.79. The number of carbonyl (C=O) groups is 2. The highest BCUT2D eigenvalue weighted by Gasteiger charge is 2.37. The molecule has 0 saturated carbocycles. The maximum Gasteiger partial charge on any atom is 0.416 e. The third-order valence-corrected chi connectivity index (χ3v) is 3.25. The summed E-state index contributed by atoms with van der Waals surface area (Å²) < 4.78 is 77.0. The summed E-state index contributed by atoms with van der Waals surface area (Å²) in [5.41, 5.74) is -5.26. The number of carbonyl (C=O) groups excluding carboxylic acids is 1. The van der Waals surface area contributed by atoms with Crippen molar-refractivity contribution in [2.24, 2.45) is 0 Å². The van der Waals surface area contributed by atoms with Crippen LogP contribution in [0.25, 0.3) is 0 Å². The van der Waals surface area contributed by atoms with E-state index in [1.165, 1.54) is 12.1 Å². The summed E-state index contributed by atoms with van der Waals surface area (Å²) in [6.07, 6.45) is -10.2. The molecule has 0 bridgehead atoms. The molecule has 0 radical (unpaired) electrons. The van der Waals surface area contributed by atoms with Crippen LogP contribution >= 0.6 is 0 Å². The van der Waals surface area contributed by atoms with Gasteiger partial charge in [-0.2, -0.15) is 26.3 Å². The predicted molar refractivity (Wildman–Crippen MR) is 73.3 cm³/mol. The lowest BCUT2D eigenvalue weighted by Gasteiger charge is -2.14. The van der Waals surface area contributed by atoms with Gasteiger partial charge in [0.2, 0.25) is 0 Å². The van der Waals surface area contributed by atoms with Crippen molar-refractivity contribution < 1.29 is 41.0 Å². The number of benzene rings is 2. The van der Waals surface area contributed by atoms with Gasteiger partial charge < -0.3 is 5.11 Å². The van der Waals surface area contributed by atoms with E-state index in [9.17, 15) is 35.9 Å². The Kier molecular flexibility index (Phi) is 4.61. The molecule has 0 amide bonds. The third-order valence-electron chi connectivity index (χ3n) is 3.25. The number of alkyl halides is 6. The van der Waals surface area contributed by atoms with Crippen molar-refractivity contribution in [1.82, 2.24) is 0 Å². The number of halogens is 6. The first-order valence-corrected chi connectivity index (χ1v) is 6.58. The van der Waals surface area contributed by atoms with E-state index in [2.05, 4.69) is 0 Å². The Labute approximate surface area is 136 Å². The van der Waals surface area contributed by atoms with Crippen molar-refractivity contribution in [2.45, 2.75) is 12.4 Å². The van der Waals surface area contributed by atoms with Crippen molar-refractivity contribution in [3.63, 3.8) is 0 Å². The molecule has 3 nitrogen and oxygen atoms in total. The zero-order valence-corrected chi connectivity index (χ0v) is 12.1. The minimum Gasteiger partial charge on any atom is -0.478 e. The topological polar surface area (TPSA) is 54.4 Å². The molecule has 0 spiro atoms. The van der Waals surface area contributed by atoms with Crippen LogP contribution in [0.4, 0.5) is 26.3 Å². The Morgan fingerprint density at radius 1 is 0.760 bits per heavy atom. The highest BCUT2D eigenvalue weighted by molar-refractivity contribution is 6.14. The highest BCUT2D eigenvalue weighted by Crippen LogP contribution is 2.36. The lowest BCUT2D eigenvalue weighted by atomic mass is 9.95. The number of carboxylic acids is 1. The van der Waals surface area contributed by atoms with E-state index in [1.54, 1.807) is 0 Å². The molecule has 2 aromatic carbocycles. The minimum absolute atomic E-state index is 0.111. The molecule has 25 heavy (non-hydrogen) atoms. The number of aromatic carboxylic acids is 1. The molecule has 0 unspecified atom stereocenters. The summed E-state index contributed by atoms with van der Waals surface area (Å²) in [6.45, 7) is 0. The zero-order valence-electron chi connectivity index (χ0n) is 12.1. The molecule has 132 valence electrons. The molecular formula is C16H8F6O3. The van der Waals surface area contributed by atoms with Crippen LogP contribution in [0.3, 0.4) is 0 Å². The van der Waals surface area contributed by atoms with Crippen LogP contribution in [-0.2, 0) is 12.4 Å². The van der Waals surface area contributed by atoms with Gasteiger partial charge in [0.05, 0.1) is 16.7 Å². The highest BCUT2D eigenvalue weighted by atomic mass is 19.4. The lowest BCUT2D eigenvalue weighted by molar-refractivity contribution is -0.143. The van der Waals surface area contributed by atoms with Crippen LogP contribution in [0, 0.1) is 0 Å². The summed E-state index contributed by atoms with van der Waals surface area (Å²) in [4.78, 5) is 23.4. The number of hydrogen-bond acceptors (Lipinski definition) is 2. The van der Waals surface area contributed by atoms with Crippen LogP contribution in [0.5, 0.6) is 0 Å². The summed E-state index contributed by atoms with van der Waals surface area (Å²) >= 11 is 0. The molecule has 0 saturated heterocycles. The van der Waals surface area contributed by atoms with Crippen molar-refractivity contribution in [1.29, 1.82) is 0 Å². The number of hydrogen-bond donors (Lipinski definition) is 1. The molecule has 2 aromatic rings. The van der Waals surface area contributed by atoms with Gasteiger partial charge in [0.25, 0.3) is 0 Å². The fraction of sp³-hybridized carbons (Fsp3) is 0.125. The van der Waals surface area contributed by atoms with Gasteiger partial charge in [-0.05, 0) is 24.3 Å². The van der Waals surface area contributed by atoms with Crippen LogP contribution in [-0.4, -0.2) is 16.9 Å². The van der Waals surface area contributed by atoms with E-state index in [0.717, 1.165) is 12.1 Å². The molecule has 0 aliphatic rings. The Bertz CT molecular complexity index is 804. The second-order valence-corrected chi connectivity index (χ2v) is 4.97. The largest absolute Gasteiger partial charge is 0.478 e. The molecule has 0 aromatic heterocycles. The van der Waals surface area contributed by atoms with Crippen LogP contribution in [0.15, 0.2) is 42.5 Å². The van der Waals surface area contributed by atoms with Gasteiger partial charge in [0, 0.05) is 11.1 Å². The molecule has 1 N–H and O–H groups in total. The molecule has 0 fully saturated rings. The van der Waals surface area contributed by atoms with E-state index < -0.39 is 51.9 Å². The summed E-state index contributed by atoms with van der Waals surface area (Å²) in [7, 11) is 0. The third kappa shape index (κ3) is 3.98. The Morgan fingerprint density at radius 3 is 1.60 bits per heavy atom. The Balaban J connectivity index is 2.67. The second kappa shape index (κ2) is 6.23. The Hall–Kier alpha value is -2.84. The number of carboxylic acid groups (broad SMARTS) is 1. The van der Waals surface area contributed by atoms with Crippen LogP contribution < -0.4 is 0 Å². The first-order chi connectivity index (χ1) is 11.4. The summed E-state index contributed by atoms with van der Waals surface area (Å²) in [6, 6.07) is 4.96. The van der Waals surface area contributed by atoms with Gasteiger partial charge in [-0.15, -0.1) is 0 Å². The quantitative estimate of drug-likeness (QED) is 0.639. The average Bonchev–Trinajstić information content (AvgIpc) is 2.52. The first kappa shape index (κ1) is 18.5. The molecule has 0 heterocycles. The minimum atomic E-state index is -5.11. The predicted octanol–water partition coefficient (Wildman–Crippen LogP) is 4.65. The van der Waals surface area contributed by atoms with Crippen molar-refractivity contribution in [2.75, 3.05) is 0 Å². The molecule has 2 rings (SSSR count). The van der Waals surface area contributed by atoms with Crippen LogP contribution in [0.2, 0.25) is 0 Å². The van der Waals surface area contributed by atoms with Crippen molar-refractivity contribution >= 4 is 11.8 Å². The Morgan fingerprint density at radius 2 is 1.20 bits per heavy atom. The van der Waals surface area contributed by atoms with Crippen LogP contribution in [0.1, 0.15) is 37.4 Å². The maximum atomic E-state index is 12.8. The molecule has 0 aliphatic carbocycles. The van der Waals surface area contributed by atoms with E-state index in [1.807, 2.05) is 0 Å². The standard InChI is InChI=1S/C16H8F6O3/c17-15(18,19)9-5-8(6-10(7-9)16(20,21)22)13(23)11-3-1-2-4-12(11)14(24)25/h1-7H,(H,24,25). The normalized spacial score (nSPS) is 12.1. The molecule has 9 heteroatoms. The van der Waals surface area contributed by atoms with Crippen molar-refractivity contribution in [3.8, 4) is 0 Å². The van der Waals surface area contributed by atoms with E-state index >= 15 is 0 Å². The van der Waals surface area contributed by atoms with E-state index in [0.29, 0.717) is 0 Å². The molecular weight excluding hydrogens is 354 g/mol. The SMILES string of the molecule is O=C(O)c1ccccc1C(=O)c1cc(C(F)(F)F)cc(C(F)(F)F)c1. The van der Waals surface area contributed by atoms with Gasteiger partial charge in [-0.3, -0.25) is 4.79 Å². The first-order valence-electron chi connectivity index (χ1n) is 6.58. The molecule has 0 aliphatic heterocycles. The zero-order chi connectivity index (χ0) is 19.0. The van der Waals surface area contributed by atoms with Gasteiger partial charge in [0.1, 0.15) is 0 Å². The number of rotatable bonds is 3. The maximum absolute atomic E-state index is 12.8. The average molecular weight is 362 g/mol. The fourth-order valence-corrected chi connectivity index (χ4v) is 2.11. The van der Waals surface area contributed by atoms with Gasteiger partial charge in [0.15, 0.2) is 5.78 Å².